The molecule has 44 heavy (non-hydrogen) atoms. The Morgan fingerprint density at radius 3 is 2.57 bits per heavy atom. The van der Waals surface area contributed by atoms with Crippen molar-refractivity contribution in [1.82, 2.24) is 19.7 Å². The zero-order chi connectivity index (χ0) is 31.4. The first-order valence-corrected chi connectivity index (χ1v) is 16.1. The summed E-state index contributed by atoms with van der Waals surface area (Å²) in [6.07, 6.45) is 4.89. The monoisotopic (exact) mass is 618 g/mol. The van der Waals surface area contributed by atoms with Crippen LogP contribution in [0.2, 0.25) is 0 Å². The van der Waals surface area contributed by atoms with E-state index in [1.54, 1.807) is 47.3 Å². The number of hydrogen-bond donors (Lipinski definition) is 1. The van der Waals surface area contributed by atoms with Crippen LogP contribution < -0.4 is 14.4 Å². The second-order valence-corrected chi connectivity index (χ2v) is 13.1. The Morgan fingerprint density at radius 2 is 1.84 bits per heavy atom. The van der Waals surface area contributed by atoms with Crippen molar-refractivity contribution >= 4 is 27.6 Å². The molecule has 1 aliphatic rings. The second kappa shape index (κ2) is 13.1. The number of fused-ring (bicyclic) bond motifs is 4. The van der Waals surface area contributed by atoms with Gasteiger partial charge in [0.15, 0.2) is 0 Å². The molecule has 2 aromatic carbocycles. The van der Waals surface area contributed by atoms with Gasteiger partial charge >= 0.3 is 0 Å². The fourth-order valence-corrected chi connectivity index (χ4v) is 6.27. The topological polar surface area (TPSA) is 129 Å². The Labute approximate surface area is 258 Å². The van der Waals surface area contributed by atoms with E-state index in [4.69, 9.17) is 9.47 Å². The average molecular weight is 619 g/mol. The zero-order valence-corrected chi connectivity index (χ0v) is 26.5. The maximum absolute atomic E-state index is 14.3. The molecule has 1 N–H and O–H groups in total. The molecule has 1 atom stereocenters. The van der Waals surface area contributed by atoms with Crippen molar-refractivity contribution in [2.24, 2.45) is 5.92 Å². The highest BCUT2D eigenvalue weighted by Gasteiger charge is 2.30. The molecular formula is C32H38N6O5S. The Balaban J connectivity index is 1.67. The predicted octanol–water partition coefficient (Wildman–Crippen LogP) is 5.25. The van der Waals surface area contributed by atoms with Gasteiger partial charge in [0.2, 0.25) is 11.8 Å². The van der Waals surface area contributed by atoms with E-state index < -0.39 is 16.1 Å². The van der Waals surface area contributed by atoms with Crippen LogP contribution >= 0.6 is 0 Å². The summed E-state index contributed by atoms with van der Waals surface area (Å²) in [5.74, 6) is 0.0871. The highest BCUT2D eigenvalue weighted by atomic mass is 32.2. The molecule has 4 bridgehead atoms. The van der Waals surface area contributed by atoms with Crippen molar-refractivity contribution in [3.8, 4) is 17.1 Å². The fourth-order valence-electron chi connectivity index (χ4n) is 5.28. The van der Waals surface area contributed by atoms with Crippen LogP contribution in [0.25, 0.3) is 11.3 Å². The van der Waals surface area contributed by atoms with Crippen molar-refractivity contribution in [1.29, 1.82) is 0 Å². The quantitative estimate of drug-likeness (QED) is 0.284. The second-order valence-electron chi connectivity index (χ2n) is 11.4. The lowest BCUT2D eigenvalue weighted by Gasteiger charge is -2.31. The lowest BCUT2D eigenvalue weighted by Crippen LogP contribution is -2.44. The van der Waals surface area contributed by atoms with Crippen LogP contribution in [-0.4, -0.2) is 60.4 Å². The molecule has 3 heterocycles. The third-order valence-corrected chi connectivity index (χ3v) is 8.89. The Hall–Kier alpha value is -4.29. The molecule has 1 amide bonds. The Morgan fingerprint density at radius 1 is 1.09 bits per heavy atom. The van der Waals surface area contributed by atoms with Gasteiger partial charge in [0.1, 0.15) is 6.61 Å². The number of rotatable bonds is 8. The Bertz CT molecular complexity index is 1730. The van der Waals surface area contributed by atoms with Gasteiger partial charge in [-0.15, -0.1) is 0 Å². The fraction of sp³-hybridized carbons (Fsp3) is 0.375. The smallest absolute Gasteiger partial charge is 0.264 e. The van der Waals surface area contributed by atoms with Gasteiger partial charge in [0.05, 0.1) is 41.7 Å². The van der Waals surface area contributed by atoms with Crippen LogP contribution in [0.1, 0.15) is 48.2 Å². The lowest BCUT2D eigenvalue weighted by atomic mass is 10.00. The molecule has 12 heteroatoms. The number of ether oxygens (including phenoxy) is 2. The van der Waals surface area contributed by atoms with E-state index in [0.29, 0.717) is 36.9 Å². The number of carbonyl (C=O) groups is 1. The lowest BCUT2D eigenvalue weighted by molar-refractivity contribution is 0.0962. The van der Waals surface area contributed by atoms with Crippen molar-refractivity contribution in [2.75, 3.05) is 29.9 Å². The number of nitrogens with zero attached hydrogens (tertiary/aromatic N) is 5. The molecule has 0 fully saturated rings. The van der Waals surface area contributed by atoms with E-state index in [0.717, 1.165) is 23.1 Å². The molecular weight excluding hydrogens is 580 g/mol. The normalized spacial score (nSPS) is 16.5. The van der Waals surface area contributed by atoms with E-state index in [-0.39, 0.29) is 34.8 Å². The number of nitrogens with one attached hydrogen (secondary N) is 1. The molecule has 0 spiro atoms. The van der Waals surface area contributed by atoms with Crippen molar-refractivity contribution in [3.05, 3.63) is 77.6 Å². The van der Waals surface area contributed by atoms with Gasteiger partial charge in [-0.05, 0) is 61.9 Å². The molecule has 5 rings (SSSR count). The number of sulfonamides is 1. The minimum Gasteiger partial charge on any atom is -0.475 e. The third-order valence-electron chi connectivity index (χ3n) is 7.56. The minimum absolute atomic E-state index is 0.0828. The summed E-state index contributed by atoms with van der Waals surface area (Å²) in [7, 11) is -2.54. The predicted molar refractivity (Wildman–Crippen MR) is 168 cm³/mol. The average Bonchev–Trinajstić information content (AvgIpc) is 3.44. The maximum Gasteiger partial charge on any atom is 0.264 e. The van der Waals surface area contributed by atoms with E-state index in [1.165, 1.54) is 12.1 Å². The van der Waals surface area contributed by atoms with Gasteiger partial charge in [-0.3, -0.25) is 14.4 Å². The summed E-state index contributed by atoms with van der Waals surface area (Å²) < 4.78 is 42.9. The van der Waals surface area contributed by atoms with Gasteiger partial charge in [0, 0.05) is 30.5 Å². The number of anilines is 2. The van der Waals surface area contributed by atoms with Gasteiger partial charge in [-0.1, -0.05) is 38.1 Å². The van der Waals surface area contributed by atoms with E-state index >= 15 is 0 Å². The van der Waals surface area contributed by atoms with Crippen LogP contribution in [0.15, 0.2) is 65.8 Å². The number of benzene rings is 2. The summed E-state index contributed by atoms with van der Waals surface area (Å²) in [6.45, 7) is 9.28. The first-order valence-electron chi connectivity index (χ1n) is 14.6. The molecule has 1 aliphatic heterocycles. The molecule has 0 saturated carbocycles. The number of methoxy groups -OCH3 is 1. The van der Waals surface area contributed by atoms with Crippen LogP contribution in [0, 0.1) is 19.8 Å². The van der Waals surface area contributed by atoms with Crippen molar-refractivity contribution in [3.63, 3.8) is 0 Å². The highest BCUT2D eigenvalue weighted by molar-refractivity contribution is 7.92. The molecule has 4 aromatic rings. The number of amides is 1. The van der Waals surface area contributed by atoms with Gasteiger partial charge in [-0.2, -0.15) is 10.1 Å². The van der Waals surface area contributed by atoms with E-state index in [2.05, 4.69) is 33.6 Å². The molecule has 0 saturated heterocycles. The van der Waals surface area contributed by atoms with Crippen LogP contribution in [0.4, 0.5) is 11.6 Å². The minimum atomic E-state index is -4.16. The summed E-state index contributed by atoms with van der Waals surface area (Å²) in [5, 5.41) is 4.45. The van der Waals surface area contributed by atoms with Crippen molar-refractivity contribution < 1.29 is 22.7 Å². The SMILES string of the molecule is COCCn1cc(N2C(=O)c3cccc(c3)S(=O)(=O)Nc3nc(cc(-c4c(C)cccc4C)n3)OC[C@H]2CCC(C)C)cn1. The first-order chi connectivity index (χ1) is 21.1. The zero-order valence-electron chi connectivity index (χ0n) is 25.6. The van der Waals surface area contributed by atoms with Crippen LogP contribution in [0.3, 0.4) is 0 Å². The standard InChI is InChI=1S/C32H38N6O5S/c1-21(2)12-13-25-20-43-29-17-28(30-22(3)8-6-9-23(30)4)34-32(35-29)36-44(40,41)27-11-7-10-24(16-27)31(39)38(25)26-18-33-37(19-26)14-15-42-5/h6-11,16-19,21,25H,12-15,20H2,1-5H3,(H,34,35,36)/t25-/m1/s1. The number of aromatic nitrogens is 4. The molecule has 232 valence electrons. The van der Waals surface area contributed by atoms with E-state index in [9.17, 15) is 13.2 Å². The third kappa shape index (κ3) is 6.92. The first kappa shape index (κ1) is 31.1. The van der Waals surface area contributed by atoms with Gasteiger partial charge in [-0.25, -0.2) is 18.1 Å². The Kier molecular flexibility index (Phi) is 9.31. The van der Waals surface area contributed by atoms with Gasteiger partial charge in [0.25, 0.3) is 15.9 Å². The van der Waals surface area contributed by atoms with Crippen molar-refractivity contribution in [2.45, 2.75) is 58.0 Å². The molecule has 0 unspecified atom stereocenters. The summed E-state index contributed by atoms with van der Waals surface area (Å²) >= 11 is 0. The molecule has 11 nitrogen and oxygen atoms in total. The van der Waals surface area contributed by atoms with Gasteiger partial charge < -0.3 is 9.47 Å². The largest absolute Gasteiger partial charge is 0.475 e. The summed E-state index contributed by atoms with van der Waals surface area (Å²) in [5.41, 5.74) is 4.14. The summed E-state index contributed by atoms with van der Waals surface area (Å²) in [6, 6.07) is 13.2. The molecule has 2 aromatic heterocycles. The number of aryl methyl sites for hydroxylation is 2. The molecule has 0 radical (unpaired) electrons. The van der Waals surface area contributed by atoms with Crippen LogP contribution in [0.5, 0.6) is 5.88 Å². The maximum atomic E-state index is 14.3. The van der Waals surface area contributed by atoms with Crippen LogP contribution in [-0.2, 0) is 21.3 Å². The number of hydrogen-bond acceptors (Lipinski definition) is 8. The van der Waals surface area contributed by atoms with E-state index in [1.807, 2.05) is 32.0 Å². The number of carbonyl (C=O) groups excluding carboxylic acids is 1. The summed E-state index contributed by atoms with van der Waals surface area (Å²) in [4.78, 5) is 24.9. The highest BCUT2D eigenvalue weighted by Crippen LogP contribution is 2.31. The molecule has 0 aliphatic carbocycles.